The Kier molecular flexibility index (Phi) is 2.54. The van der Waals surface area contributed by atoms with Gasteiger partial charge in [-0.1, -0.05) is 17.4 Å². The van der Waals surface area contributed by atoms with Crippen molar-refractivity contribution in [2.24, 2.45) is 5.84 Å². The van der Waals surface area contributed by atoms with Crippen molar-refractivity contribution < 1.29 is 0 Å². The quantitative estimate of drug-likeness (QED) is 0.496. The summed E-state index contributed by atoms with van der Waals surface area (Å²) in [6.45, 7) is 0.278. The van der Waals surface area contributed by atoms with Gasteiger partial charge >= 0.3 is 5.69 Å². The van der Waals surface area contributed by atoms with Crippen molar-refractivity contribution in [1.29, 1.82) is 0 Å². The lowest BCUT2D eigenvalue weighted by atomic mass is 10.5. The molecule has 3 aromatic rings. The smallest absolute Gasteiger partial charge is 0.298 e. The number of anilines is 1. The van der Waals surface area contributed by atoms with Gasteiger partial charge in [-0.2, -0.15) is 0 Å². The Balaban J connectivity index is 1.99. The van der Waals surface area contributed by atoms with Gasteiger partial charge in [-0.05, 0) is 12.1 Å². The van der Waals surface area contributed by atoms with E-state index in [1.54, 1.807) is 18.3 Å². The Bertz CT molecular complexity index is 743. The third-order valence-corrected chi connectivity index (χ3v) is 3.20. The summed E-state index contributed by atoms with van der Waals surface area (Å²) in [5.74, 6) is 5.22. The lowest BCUT2D eigenvalue weighted by molar-refractivity contribution is 0.651. The first-order chi connectivity index (χ1) is 8.78. The van der Waals surface area contributed by atoms with E-state index in [2.05, 4.69) is 20.7 Å². The van der Waals surface area contributed by atoms with Crippen LogP contribution in [0.15, 0.2) is 29.2 Å². The van der Waals surface area contributed by atoms with Crippen LogP contribution in [-0.4, -0.2) is 24.4 Å². The average molecular weight is 263 g/mol. The van der Waals surface area contributed by atoms with Crippen molar-refractivity contribution in [1.82, 2.24) is 24.4 Å². The molecule has 0 radical (unpaired) electrons. The zero-order chi connectivity index (χ0) is 12.5. The van der Waals surface area contributed by atoms with Crippen LogP contribution in [0.5, 0.6) is 0 Å². The fourth-order valence-electron chi connectivity index (χ4n) is 1.58. The molecule has 0 aliphatic heterocycles. The lowest BCUT2D eigenvalue weighted by Gasteiger charge is -1.92. The van der Waals surface area contributed by atoms with Gasteiger partial charge < -0.3 is 0 Å². The van der Waals surface area contributed by atoms with E-state index in [-0.39, 0.29) is 12.2 Å². The number of hydrogen-bond donors (Lipinski definition) is 2. The van der Waals surface area contributed by atoms with E-state index in [1.165, 1.54) is 20.4 Å². The topological polar surface area (TPSA) is 103 Å². The predicted molar refractivity (Wildman–Crippen MR) is 66.3 cm³/mol. The molecule has 0 fully saturated rings. The molecule has 3 aromatic heterocycles. The SMILES string of the molecule is NNc1nnc(Cn2nc3ccccn3c2=O)s1. The number of pyridine rings is 1. The number of nitrogens with zero attached hydrogens (tertiary/aromatic N) is 5. The molecule has 9 heteroatoms. The second kappa shape index (κ2) is 4.20. The predicted octanol–water partition coefficient (Wildman–Crippen LogP) is -0.319. The van der Waals surface area contributed by atoms with Crippen LogP contribution >= 0.6 is 11.3 Å². The minimum atomic E-state index is -0.206. The molecule has 0 unspecified atom stereocenters. The third-order valence-electron chi connectivity index (χ3n) is 2.36. The molecular formula is C9H9N7OS. The van der Waals surface area contributed by atoms with Gasteiger partial charge in [0.05, 0.1) is 0 Å². The van der Waals surface area contributed by atoms with Gasteiger partial charge in [0.2, 0.25) is 5.13 Å². The van der Waals surface area contributed by atoms with Crippen LogP contribution in [0.25, 0.3) is 5.65 Å². The van der Waals surface area contributed by atoms with E-state index in [0.717, 1.165) is 0 Å². The molecule has 0 saturated heterocycles. The molecule has 0 spiro atoms. The maximum Gasteiger partial charge on any atom is 0.350 e. The van der Waals surface area contributed by atoms with Crippen molar-refractivity contribution in [3.8, 4) is 0 Å². The Hall–Kier alpha value is -2.26. The van der Waals surface area contributed by atoms with Gasteiger partial charge in [-0.3, -0.25) is 9.83 Å². The lowest BCUT2D eigenvalue weighted by Crippen LogP contribution is -2.21. The zero-order valence-corrected chi connectivity index (χ0v) is 9.96. The molecule has 3 N–H and O–H groups in total. The number of nitrogens with two attached hydrogens (primary N) is 1. The highest BCUT2D eigenvalue weighted by molar-refractivity contribution is 7.15. The molecule has 0 saturated carbocycles. The molecule has 0 amide bonds. The van der Waals surface area contributed by atoms with E-state index in [1.807, 2.05) is 6.07 Å². The van der Waals surface area contributed by atoms with Gasteiger partial charge in [0, 0.05) is 6.20 Å². The second-order valence-electron chi connectivity index (χ2n) is 3.51. The van der Waals surface area contributed by atoms with Crippen LogP contribution in [0.1, 0.15) is 5.01 Å². The number of fused-ring (bicyclic) bond motifs is 1. The van der Waals surface area contributed by atoms with E-state index in [9.17, 15) is 4.79 Å². The maximum atomic E-state index is 12.0. The summed E-state index contributed by atoms with van der Waals surface area (Å²) in [6, 6.07) is 5.38. The molecule has 3 rings (SSSR count). The summed E-state index contributed by atoms with van der Waals surface area (Å²) >= 11 is 1.28. The van der Waals surface area contributed by atoms with Crippen molar-refractivity contribution in [2.45, 2.75) is 6.54 Å². The monoisotopic (exact) mass is 263 g/mol. The van der Waals surface area contributed by atoms with Gasteiger partial charge in [0.15, 0.2) is 5.65 Å². The highest BCUT2D eigenvalue weighted by Crippen LogP contribution is 2.13. The Morgan fingerprint density at radius 1 is 1.39 bits per heavy atom. The zero-order valence-electron chi connectivity index (χ0n) is 9.15. The molecule has 0 aliphatic carbocycles. The summed E-state index contributed by atoms with van der Waals surface area (Å²) in [5.41, 5.74) is 2.80. The van der Waals surface area contributed by atoms with Gasteiger partial charge in [-0.15, -0.1) is 15.3 Å². The van der Waals surface area contributed by atoms with Gasteiger partial charge in [0.1, 0.15) is 11.6 Å². The van der Waals surface area contributed by atoms with E-state index < -0.39 is 0 Å². The van der Waals surface area contributed by atoms with E-state index >= 15 is 0 Å². The standard InChI is InChI=1S/C9H9N7OS/c10-11-8-13-12-7(18-8)5-16-9(17)15-4-2-1-3-6(15)14-16/h1-4H,5,10H2,(H,11,13). The summed E-state index contributed by atoms with van der Waals surface area (Å²) in [6.07, 6.45) is 1.67. The third kappa shape index (κ3) is 1.75. The van der Waals surface area contributed by atoms with Crippen molar-refractivity contribution in [3.05, 3.63) is 39.9 Å². The van der Waals surface area contributed by atoms with Crippen molar-refractivity contribution in [3.63, 3.8) is 0 Å². The largest absolute Gasteiger partial charge is 0.350 e. The first-order valence-corrected chi connectivity index (χ1v) is 5.93. The van der Waals surface area contributed by atoms with Crippen LogP contribution in [0.3, 0.4) is 0 Å². The molecule has 18 heavy (non-hydrogen) atoms. The normalized spacial score (nSPS) is 10.9. The fourth-order valence-corrected chi connectivity index (χ4v) is 2.21. The number of hydrogen-bond acceptors (Lipinski definition) is 7. The highest BCUT2D eigenvalue weighted by Gasteiger charge is 2.09. The van der Waals surface area contributed by atoms with Crippen LogP contribution in [0, 0.1) is 0 Å². The Morgan fingerprint density at radius 2 is 2.28 bits per heavy atom. The summed E-state index contributed by atoms with van der Waals surface area (Å²) in [7, 11) is 0. The average Bonchev–Trinajstić information content (AvgIpc) is 2.97. The van der Waals surface area contributed by atoms with Crippen molar-refractivity contribution in [2.75, 3.05) is 5.43 Å². The maximum absolute atomic E-state index is 12.0. The van der Waals surface area contributed by atoms with E-state index in [0.29, 0.717) is 15.8 Å². The Morgan fingerprint density at radius 3 is 3.00 bits per heavy atom. The first-order valence-electron chi connectivity index (χ1n) is 5.11. The van der Waals surface area contributed by atoms with E-state index in [4.69, 9.17) is 5.84 Å². The number of nitrogens with one attached hydrogen (secondary N) is 1. The number of rotatable bonds is 3. The summed E-state index contributed by atoms with van der Waals surface area (Å²) in [5, 5.41) is 13.1. The molecule has 0 aromatic carbocycles. The second-order valence-corrected chi connectivity index (χ2v) is 4.58. The number of hydrazine groups is 1. The molecule has 0 bridgehead atoms. The van der Waals surface area contributed by atoms with Crippen LogP contribution < -0.4 is 17.0 Å². The molecule has 92 valence electrons. The molecule has 0 atom stereocenters. The molecule has 3 heterocycles. The minimum Gasteiger partial charge on any atom is -0.298 e. The fraction of sp³-hybridized carbons (Fsp3) is 0.111. The summed E-state index contributed by atoms with van der Waals surface area (Å²) in [4.78, 5) is 12.0. The molecule has 0 aliphatic rings. The number of aromatic nitrogens is 5. The first kappa shape index (κ1) is 10.9. The Labute approximate surface area is 105 Å². The number of nitrogen functional groups attached to an aromatic ring is 1. The summed E-state index contributed by atoms with van der Waals surface area (Å²) < 4.78 is 2.82. The van der Waals surface area contributed by atoms with Crippen molar-refractivity contribution >= 4 is 22.1 Å². The van der Waals surface area contributed by atoms with Crippen LogP contribution in [0.4, 0.5) is 5.13 Å². The molecular weight excluding hydrogens is 254 g/mol. The van der Waals surface area contributed by atoms with Gasteiger partial charge in [0.25, 0.3) is 0 Å². The van der Waals surface area contributed by atoms with Gasteiger partial charge in [-0.25, -0.2) is 15.3 Å². The highest BCUT2D eigenvalue weighted by atomic mass is 32.1. The van der Waals surface area contributed by atoms with Crippen LogP contribution in [-0.2, 0) is 6.54 Å². The molecule has 8 nitrogen and oxygen atoms in total. The van der Waals surface area contributed by atoms with Crippen LogP contribution in [0.2, 0.25) is 0 Å². The minimum absolute atomic E-state index is 0.206.